The van der Waals surface area contributed by atoms with Gasteiger partial charge in [-0.3, -0.25) is 0 Å². The zero-order chi connectivity index (χ0) is 17.6. The summed E-state index contributed by atoms with van der Waals surface area (Å²) in [5.74, 6) is 1.34. The zero-order valence-electron chi connectivity index (χ0n) is 14.2. The lowest BCUT2D eigenvalue weighted by Gasteiger charge is -2.29. The first-order valence-electron chi connectivity index (χ1n) is 8.94. The second-order valence-corrected chi connectivity index (χ2v) is 7.28. The normalized spacial score (nSPS) is 22.2. The Bertz CT molecular complexity index is 540. The van der Waals surface area contributed by atoms with Gasteiger partial charge in [-0.2, -0.15) is 13.2 Å². The molecular weight excluding hydrogens is 333 g/mol. The summed E-state index contributed by atoms with van der Waals surface area (Å²) in [6, 6.07) is 5.48. The average Bonchev–Trinajstić information content (AvgIpc) is 2.54. The van der Waals surface area contributed by atoms with Crippen molar-refractivity contribution in [2.75, 3.05) is 0 Å². The Hall–Kier alpha value is -0.960. The molecule has 1 aliphatic rings. The van der Waals surface area contributed by atoms with Gasteiger partial charge in [-0.25, -0.2) is 0 Å². The molecule has 1 aromatic rings. The van der Waals surface area contributed by atoms with Gasteiger partial charge in [-0.15, -0.1) is 0 Å². The molecule has 0 spiro atoms. The Balaban J connectivity index is 1.92. The van der Waals surface area contributed by atoms with E-state index in [0.717, 1.165) is 30.4 Å². The Labute approximate surface area is 148 Å². The highest BCUT2D eigenvalue weighted by molar-refractivity contribution is 6.32. The van der Waals surface area contributed by atoms with Gasteiger partial charge in [0.15, 0.2) is 0 Å². The molecule has 1 aromatic carbocycles. The predicted molar refractivity (Wildman–Crippen MR) is 95.4 cm³/mol. The molecule has 24 heavy (non-hydrogen) atoms. The van der Waals surface area contributed by atoms with Crippen molar-refractivity contribution in [3.63, 3.8) is 0 Å². The van der Waals surface area contributed by atoms with Crippen LogP contribution < -0.4 is 0 Å². The summed E-state index contributed by atoms with van der Waals surface area (Å²) in [5.41, 5.74) is 1.59. The molecule has 0 heterocycles. The number of unbranched alkanes of at least 4 members (excludes halogenated alkanes) is 2. The van der Waals surface area contributed by atoms with Crippen molar-refractivity contribution in [2.45, 2.75) is 70.4 Å². The summed E-state index contributed by atoms with van der Waals surface area (Å²) in [5, 5.41) is 0.401. The third kappa shape index (κ3) is 6.16. The fraction of sp³-hybridized carbons (Fsp3) is 0.600. The highest BCUT2D eigenvalue weighted by atomic mass is 35.5. The fourth-order valence-electron chi connectivity index (χ4n) is 3.58. The van der Waals surface area contributed by atoms with Gasteiger partial charge >= 0.3 is 6.18 Å². The van der Waals surface area contributed by atoms with Crippen molar-refractivity contribution in [3.05, 3.63) is 40.4 Å². The molecule has 0 atom stereocenters. The molecule has 0 nitrogen and oxygen atoms in total. The number of alkyl halides is 3. The number of hydrogen-bond donors (Lipinski definition) is 0. The summed E-state index contributed by atoms with van der Waals surface area (Å²) < 4.78 is 36.8. The Morgan fingerprint density at radius 3 is 2.42 bits per heavy atom. The minimum absolute atomic E-state index is 0.232. The van der Waals surface area contributed by atoms with Crippen LogP contribution in [0.4, 0.5) is 13.2 Å². The van der Waals surface area contributed by atoms with E-state index in [1.54, 1.807) is 6.07 Å². The maximum Gasteiger partial charge on any atom is 0.409 e. The SMILES string of the molecule is CCCCCC1CCC(c2ccc(C=CC(F)(F)F)c(Cl)c2)CC1. The molecule has 1 saturated carbocycles. The predicted octanol–water partition coefficient (Wildman–Crippen LogP) is 7.77. The first-order valence-corrected chi connectivity index (χ1v) is 9.32. The van der Waals surface area contributed by atoms with Crippen molar-refractivity contribution in [1.82, 2.24) is 0 Å². The van der Waals surface area contributed by atoms with Gasteiger partial charge in [0.2, 0.25) is 0 Å². The Morgan fingerprint density at radius 2 is 1.83 bits per heavy atom. The molecule has 1 aliphatic carbocycles. The molecular formula is C20H26ClF3. The molecule has 0 aliphatic heterocycles. The topological polar surface area (TPSA) is 0 Å². The quantitative estimate of drug-likeness (QED) is 0.455. The van der Waals surface area contributed by atoms with Crippen LogP contribution in [0.2, 0.25) is 5.02 Å². The Morgan fingerprint density at radius 1 is 1.12 bits per heavy atom. The maximum atomic E-state index is 12.3. The molecule has 0 amide bonds. The molecule has 0 aromatic heterocycles. The van der Waals surface area contributed by atoms with Gasteiger partial charge in [-0.1, -0.05) is 56.3 Å². The first-order chi connectivity index (χ1) is 11.4. The van der Waals surface area contributed by atoms with E-state index in [9.17, 15) is 13.2 Å². The van der Waals surface area contributed by atoms with Crippen LogP contribution in [0.5, 0.6) is 0 Å². The molecule has 0 unspecified atom stereocenters. The van der Waals surface area contributed by atoms with Crippen LogP contribution in [0.3, 0.4) is 0 Å². The minimum Gasteiger partial charge on any atom is -0.167 e. The summed E-state index contributed by atoms with van der Waals surface area (Å²) >= 11 is 6.17. The smallest absolute Gasteiger partial charge is 0.167 e. The number of rotatable bonds is 6. The average molecular weight is 359 g/mol. The lowest BCUT2D eigenvalue weighted by atomic mass is 9.77. The van der Waals surface area contributed by atoms with Crippen LogP contribution in [0.25, 0.3) is 6.08 Å². The van der Waals surface area contributed by atoms with Gasteiger partial charge in [0.05, 0.1) is 0 Å². The van der Waals surface area contributed by atoms with Crippen LogP contribution in [-0.2, 0) is 0 Å². The van der Waals surface area contributed by atoms with Crippen LogP contribution in [-0.4, -0.2) is 6.18 Å². The lowest BCUT2D eigenvalue weighted by Crippen LogP contribution is -2.13. The molecule has 0 radical (unpaired) electrons. The first kappa shape index (κ1) is 19.4. The van der Waals surface area contributed by atoms with Crippen LogP contribution in [0.15, 0.2) is 24.3 Å². The van der Waals surface area contributed by atoms with E-state index in [0.29, 0.717) is 16.5 Å². The summed E-state index contributed by atoms with van der Waals surface area (Å²) in [4.78, 5) is 0. The van der Waals surface area contributed by atoms with E-state index >= 15 is 0 Å². The van der Waals surface area contributed by atoms with Crippen LogP contribution in [0, 0.1) is 5.92 Å². The monoisotopic (exact) mass is 358 g/mol. The minimum atomic E-state index is -4.31. The largest absolute Gasteiger partial charge is 0.409 e. The van der Waals surface area contributed by atoms with Gasteiger partial charge in [-0.05, 0) is 60.8 Å². The van der Waals surface area contributed by atoms with E-state index in [1.807, 2.05) is 12.1 Å². The number of benzene rings is 1. The third-order valence-corrected chi connectivity index (χ3v) is 5.34. The second-order valence-electron chi connectivity index (χ2n) is 6.87. The standard InChI is InChI=1S/C20H26ClF3/c1-2-3-4-5-15-6-8-16(9-7-15)18-11-10-17(19(21)14-18)12-13-20(22,23)24/h10-16H,2-9H2,1H3. The second kappa shape index (κ2) is 8.94. The van der Waals surface area contributed by atoms with Gasteiger partial charge < -0.3 is 0 Å². The summed E-state index contributed by atoms with van der Waals surface area (Å²) in [6.07, 6.45) is 7.04. The van der Waals surface area contributed by atoms with Crippen molar-refractivity contribution < 1.29 is 13.2 Å². The highest BCUT2D eigenvalue weighted by Gasteiger charge is 2.23. The molecule has 4 heteroatoms. The van der Waals surface area contributed by atoms with E-state index in [2.05, 4.69) is 6.92 Å². The summed E-state index contributed by atoms with van der Waals surface area (Å²) in [6.45, 7) is 2.23. The van der Waals surface area contributed by atoms with E-state index < -0.39 is 6.18 Å². The fourth-order valence-corrected chi connectivity index (χ4v) is 3.84. The Kier molecular flexibility index (Phi) is 7.21. The van der Waals surface area contributed by atoms with Crippen LogP contribution in [0.1, 0.15) is 75.3 Å². The van der Waals surface area contributed by atoms with E-state index in [1.165, 1.54) is 38.5 Å². The van der Waals surface area contributed by atoms with Gasteiger partial charge in [0.1, 0.15) is 0 Å². The van der Waals surface area contributed by atoms with E-state index in [-0.39, 0.29) is 6.08 Å². The molecule has 0 N–H and O–H groups in total. The van der Waals surface area contributed by atoms with Crippen molar-refractivity contribution in [1.29, 1.82) is 0 Å². The molecule has 2 rings (SSSR count). The third-order valence-electron chi connectivity index (χ3n) is 5.01. The maximum absolute atomic E-state index is 12.3. The van der Waals surface area contributed by atoms with Crippen LogP contribution >= 0.6 is 11.6 Å². The van der Waals surface area contributed by atoms with Gasteiger partial charge in [0.25, 0.3) is 0 Å². The molecule has 1 fully saturated rings. The van der Waals surface area contributed by atoms with Crippen molar-refractivity contribution in [3.8, 4) is 0 Å². The number of allylic oxidation sites excluding steroid dienone is 1. The number of halogens is 4. The van der Waals surface area contributed by atoms with Gasteiger partial charge in [0, 0.05) is 11.1 Å². The highest BCUT2D eigenvalue weighted by Crippen LogP contribution is 2.39. The molecule has 0 bridgehead atoms. The lowest BCUT2D eigenvalue weighted by molar-refractivity contribution is -0.0790. The molecule has 0 saturated heterocycles. The number of hydrogen-bond acceptors (Lipinski definition) is 0. The molecule has 134 valence electrons. The summed E-state index contributed by atoms with van der Waals surface area (Å²) in [7, 11) is 0. The van der Waals surface area contributed by atoms with Crippen molar-refractivity contribution >= 4 is 17.7 Å². The van der Waals surface area contributed by atoms with Crippen molar-refractivity contribution in [2.24, 2.45) is 5.92 Å². The zero-order valence-corrected chi connectivity index (χ0v) is 15.0. The van der Waals surface area contributed by atoms with E-state index in [4.69, 9.17) is 11.6 Å².